The van der Waals surface area contributed by atoms with Gasteiger partial charge in [-0.2, -0.15) is 5.10 Å². The molecule has 3 aromatic rings. The molecule has 25 heavy (non-hydrogen) atoms. The normalized spacial score (nSPS) is 12.1. The van der Waals surface area contributed by atoms with E-state index in [1.807, 2.05) is 35.9 Å². The molecule has 6 heteroatoms. The molecular formula is C19H20N4O2. The SMILES string of the molecule is Cc1cccc(NC(=O)C(C)Cn2ncc3ccccc32)c1C(N)=O. The molecule has 1 atom stereocenters. The molecule has 0 saturated carbocycles. The zero-order valence-electron chi connectivity index (χ0n) is 14.2. The number of nitrogens with zero attached hydrogens (tertiary/aromatic N) is 2. The van der Waals surface area contributed by atoms with Crippen LogP contribution in [0.15, 0.2) is 48.7 Å². The van der Waals surface area contributed by atoms with Crippen LogP contribution in [-0.2, 0) is 11.3 Å². The number of nitrogens with two attached hydrogens (primary N) is 1. The number of nitrogens with one attached hydrogen (secondary N) is 1. The fourth-order valence-corrected chi connectivity index (χ4v) is 2.87. The van der Waals surface area contributed by atoms with Crippen molar-refractivity contribution in [3.05, 3.63) is 59.8 Å². The van der Waals surface area contributed by atoms with Crippen LogP contribution in [0.5, 0.6) is 0 Å². The fourth-order valence-electron chi connectivity index (χ4n) is 2.87. The maximum Gasteiger partial charge on any atom is 0.251 e. The first-order valence-electron chi connectivity index (χ1n) is 8.08. The van der Waals surface area contributed by atoms with Gasteiger partial charge in [-0.15, -0.1) is 0 Å². The standard InChI is InChI=1S/C19H20N4O2/c1-12-6-5-8-15(17(12)18(20)24)22-19(25)13(2)11-23-16-9-4-3-7-14(16)10-21-23/h3-10,13H,11H2,1-2H3,(H2,20,24)(H,22,25). The summed E-state index contributed by atoms with van der Waals surface area (Å²) in [6.07, 6.45) is 1.78. The van der Waals surface area contributed by atoms with Crippen molar-refractivity contribution in [2.45, 2.75) is 20.4 Å². The summed E-state index contributed by atoms with van der Waals surface area (Å²) in [6, 6.07) is 13.1. The average molecular weight is 336 g/mol. The summed E-state index contributed by atoms with van der Waals surface area (Å²) in [7, 11) is 0. The highest BCUT2D eigenvalue weighted by Gasteiger charge is 2.18. The molecule has 0 aliphatic rings. The highest BCUT2D eigenvalue weighted by atomic mass is 16.2. The number of para-hydroxylation sites is 1. The Morgan fingerprint density at radius 2 is 1.96 bits per heavy atom. The Labute approximate surface area is 145 Å². The molecule has 1 aromatic heterocycles. The number of anilines is 1. The maximum atomic E-state index is 12.6. The number of hydrogen-bond acceptors (Lipinski definition) is 3. The Hall–Kier alpha value is -3.15. The lowest BCUT2D eigenvalue weighted by atomic mass is 10.0. The van der Waals surface area contributed by atoms with E-state index in [4.69, 9.17) is 5.73 Å². The Bertz CT molecular complexity index is 946. The van der Waals surface area contributed by atoms with Crippen molar-refractivity contribution in [1.29, 1.82) is 0 Å². The summed E-state index contributed by atoms with van der Waals surface area (Å²) < 4.78 is 1.81. The van der Waals surface area contributed by atoms with Gasteiger partial charge in [0.25, 0.3) is 5.91 Å². The second kappa shape index (κ2) is 6.76. The van der Waals surface area contributed by atoms with Gasteiger partial charge in [-0.25, -0.2) is 0 Å². The van der Waals surface area contributed by atoms with Crippen LogP contribution in [0.4, 0.5) is 5.69 Å². The van der Waals surface area contributed by atoms with Crippen LogP contribution in [0.3, 0.4) is 0 Å². The highest BCUT2D eigenvalue weighted by Crippen LogP contribution is 2.20. The third kappa shape index (κ3) is 3.38. The van der Waals surface area contributed by atoms with Crippen molar-refractivity contribution in [3.8, 4) is 0 Å². The molecule has 128 valence electrons. The summed E-state index contributed by atoms with van der Waals surface area (Å²) in [6.45, 7) is 4.05. The largest absolute Gasteiger partial charge is 0.366 e. The first kappa shape index (κ1) is 16.7. The van der Waals surface area contributed by atoms with Gasteiger partial charge in [-0.1, -0.05) is 37.3 Å². The second-order valence-electron chi connectivity index (χ2n) is 6.14. The first-order valence-corrected chi connectivity index (χ1v) is 8.08. The number of hydrogen-bond donors (Lipinski definition) is 2. The number of benzene rings is 2. The highest BCUT2D eigenvalue weighted by molar-refractivity contribution is 6.04. The molecule has 0 fully saturated rings. The van der Waals surface area contributed by atoms with Crippen LogP contribution in [0.25, 0.3) is 10.9 Å². The number of amides is 2. The van der Waals surface area contributed by atoms with E-state index < -0.39 is 5.91 Å². The van der Waals surface area contributed by atoms with Crippen molar-refractivity contribution in [3.63, 3.8) is 0 Å². The molecule has 0 radical (unpaired) electrons. The fraction of sp³-hybridized carbons (Fsp3) is 0.211. The Kier molecular flexibility index (Phi) is 4.52. The minimum Gasteiger partial charge on any atom is -0.366 e. The number of primary amides is 1. The molecule has 3 rings (SSSR count). The lowest BCUT2D eigenvalue weighted by molar-refractivity contribution is -0.119. The third-order valence-electron chi connectivity index (χ3n) is 4.22. The van der Waals surface area contributed by atoms with Gasteiger partial charge < -0.3 is 11.1 Å². The zero-order chi connectivity index (χ0) is 18.0. The van der Waals surface area contributed by atoms with Crippen molar-refractivity contribution >= 4 is 28.4 Å². The van der Waals surface area contributed by atoms with E-state index in [2.05, 4.69) is 10.4 Å². The van der Waals surface area contributed by atoms with E-state index in [1.54, 1.807) is 31.3 Å². The van der Waals surface area contributed by atoms with E-state index in [1.165, 1.54) is 0 Å². The van der Waals surface area contributed by atoms with Gasteiger partial charge in [0, 0.05) is 5.39 Å². The monoisotopic (exact) mass is 336 g/mol. The summed E-state index contributed by atoms with van der Waals surface area (Å²) in [5.74, 6) is -1.07. The van der Waals surface area contributed by atoms with Crippen LogP contribution in [-0.4, -0.2) is 21.6 Å². The number of rotatable bonds is 5. The molecule has 0 bridgehead atoms. The molecule has 1 heterocycles. The topological polar surface area (TPSA) is 90.0 Å². The summed E-state index contributed by atoms with van der Waals surface area (Å²) in [4.78, 5) is 24.2. The predicted molar refractivity (Wildman–Crippen MR) is 97.2 cm³/mol. The van der Waals surface area contributed by atoms with Gasteiger partial charge in [0.15, 0.2) is 0 Å². The molecule has 3 N–H and O–H groups in total. The lowest BCUT2D eigenvalue weighted by Gasteiger charge is -2.15. The molecule has 6 nitrogen and oxygen atoms in total. The molecule has 2 aromatic carbocycles. The van der Waals surface area contributed by atoms with Gasteiger partial charge in [0.2, 0.25) is 5.91 Å². The van der Waals surface area contributed by atoms with E-state index >= 15 is 0 Å². The van der Waals surface area contributed by atoms with E-state index in [0.29, 0.717) is 17.8 Å². The summed E-state index contributed by atoms with van der Waals surface area (Å²) >= 11 is 0. The number of aromatic nitrogens is 2. The van der Waals surface area contributed by atoms with Gasteiger partial charge in [-0.3, -0.25) is 14.3 Å². The smallest absolute Gasteiger partial charge is 0.251 e. The number of carbonyl (C=O) groups excluding carboxylic acids is 2. The quantitative estimate of drug-likeness (QED) is 0.750. The van der Waals surface area contributed by atoms with E-state index in [9.17, 15) is 9.59 Å². The van der Waals surface area contributed by atoms with Crippen molar-refractivity contribution in [2.24, 2.45) is 11.7 Å². The summed E-state index contributed by atoms with van der Waals surface area (Å²) in [5.41, 5.74) is 7.93. The zero-order valence-corrected chi connectivity index (χ0v) is 14.2. The molecular weight excluding hydrogens is 316 g/mol. The Morgan fingerprint density at radius 1 is 1.20 bits per heavy atom. The van der Waals surface area contributed by atoms with Gasteiger partial charge in [-0.05, 0) is 24.6 Å². The second-order valence-corrected chi connectivity index (χ2v) is 6.14. The minimum absolute atomic E-state index is 0.187. The third-order valence-corrected chi connectivity index (χ3v) is 4.22. The molecule has 0 saturated heterocycles. The first-order chi connectivity index (χ1) is 12.0. The minimum atomic E-state index is -0.556. The van der Waals surface area contributed by atoms with Crippen LogP contribution in [0.2, 0.25) is 0 Å². The van der Waals surface area contributed by atoms with Gasteiger partial charge in [0.05, 0.1) is 35.4 Å². The van der Waals surface area contributed by atoms with Crippen LogP contribution >= 0.6 is 0 Å². The lowest BCUT2D eigenvalue weighted by Crippen LogP contribution is -2.26. The van der Waals surface area contributed by atoms with E-state index in [-0.39, 0.29) is 11.8 Å². The molecule has 1 unspecified atom stereocenters. The van der Waals surface area contributed by atoms with Crippen molar-refractivity contribution in [1.82, 2.24) is 9.78 Å². The molecule has 0 spiro atoms. The Balaban J connectivity index is 1.78. The average Bonchev–Trinajstić information content (AvgIpc) is 2.97. The molecule has 2 amide bonds. The Morgan fingerprint density at radius 3 is 2.72 bits per heavy atom. The number of fused-ring (bicyclic) bond motifs is 1. The van der Waals surface area contributed by atoms with Gasteiger partial charge >= 0.3 is 0 Å². The summed E-state index contributed by atoms with van der Waals surface area (Å²) in [5, 5.41) is 8.19. The maximum absolute atomic E-state index is 12.6. The predicted octanol–water partition coefficient (Wildman–Crippen LogP) is 2.72. The van der Waals surface area contributed by atoms with Crippen molar-refractivity contribution < 1.29 is 9.59 Å². The number of carbonyl (C=O) groups is 2. The van der Waals surface area contributed by atoms with Crippen molar-refractivity contribution in [2.75, 3.05) is 5.32 Å². The molecule has 0 aliphatic carbocycles. The van der Waals surface area contributed by atoms with Gasteiger partial charge in [0.1, 0.15) is 0 Å². The van der Waals surface area contributed by atoms with E-state index in [0.717, 1.165) is 16.5 Å². The number of aryl methyl sites for hydroxylation is 1. The van der Waals surface area contributed by atoms with Crippen LogP contribution in [0, 0.1) is 12.8 Å². The molecule has 0 aliphatic heterocycles. The van der Waals surface area contributed by atoms with Crippen LogP contribution in [0.1, 0.15) is 22.8 Å². The van der Waals surface area contributed by atoms with Crippen LogP contribution < -0.4 is 11.1 Å².